The minimum absolute atomic E-state index is 0.391. The van der Waals surface area contributed by atoms with E-state index in [0.29, 0.717) is 17.6 Å². The number of carbonyl (C=O) groups is 1. The van der Waals surface area contributed by atoms with Crippen LogP contribution >= 0.6 is 0 Å². The van der Waals surface area contributed by atoms with Gasteiger partial charge in [0, 0.05) is 6.04 Å². The molecule has 0 radical (unpaired) electrons. The molecule has 2 aliphatic rings. The largest absolute Gasteiger partial charge is 0.367 e. The second-order valence-electron chi connectivity index (χ2n) is 5.74. The Morgan fingerprint density at radius 3 is 2.89 bits per heavy atom. The van der Waals surface area contributed by atoms with Crippen molar-refractivity contribution < 1.29 is 4.79 Å². The Morgan fingerprint density at radius 1 is 1.39 bits per heavy atom. The Morgan fingerprint density at radius 2 is 2.17 bits per heavy atom. The second-order valence-corrected chi connectivity index (χ2v) is 5.74. The molecular weight excluding hydrogens is 226 g/mol. The first-order valence-corrected chi connectivity index (χ1v) is 7.09. The van der Waals surface area contributed by atoms with E-state index in [0.717, 1.165) is 24.4 Å². The van der Waals surface area contributed by atoms with E-state index in [-0.39, 0.29) is 0 Å². The zero-order valence-corrected chi connectivity index (χ0v) is 10.9. The number of rotatable bonds is 2. The number of aromatic nitrogens is 2. The maximum Gasteiger partial charge on any atom is 0.155 e. The number of fused-ring (bicyclic) bond motifs is 1. The van der Waals surface area contributed by atoms with Crippen molar-refractivity contribution in [2.45, 2.75) is 57.5 Å². The van der Waals surface area contributed by atoms with Crippen LogP contribution in [0.3, 0.4) is 0 Å². The van der Waals surface area contributed by atoms with Crippen molar-refractivity contribution in [2.24, 2.45) is 5.92 Å². The van der Waals surface area contributed by atoms with Crippen LogP contribution in [0.2, 0.25) is 0 Å². The number of aldehydes is 1. The van der Waals surface area contributed by atoms with Gasteiger partial charge < -0.3 is 5.32 Å². The lowest BCUT2D eigenvalue weighted by Crippen LogP contribution is -2.38. The van der Waals surface area contributed by atoms with Crippen LogP contribution in [-0.2, 0) is 0 Å². The second kappa shape index (κ2) is 4.75. The molecule has 1 aromatic heterocycles. The van der Waals surface area contributed by atoms with Gasteiger partial charge in [-0.1, -0.05) is 19.3 Å². The van der Waals surface area contributed by atoms with Crippen molar-refractivity contribution in [1.29, 1.82) is 0 Å². The molecule has 0 bridgehead atoms. The predicted octanol–water partition coefficient (Wildman–Crippen LogP) is 3.02. The van der Waals surface area contributed by atoms with Crippen LogP contribution in [0.25, 0.3) is 0 Å². The highest BCUT2D eigenvalue weighted by Crippen LogP contribution is 2.36. The van der Waals surface area contributed by atoms with Crippen LogP contribution in [0.5, 0.6) is 0 Å². The Hall–Kier alpha value is -1.32. The van der Waals surface area contributed by atoms with Crippen molar-refractivity contribution in [3.8, 4) is 0 Å². The highest BCUT2D eigenvalue weighted by molar-refractivity contribution is 5.82. The molecular formula is C14H21N3O. The zero-order valence-electron chi connectivity index (χ0n) is 10.9. The number of nitrogens with one attached hydrogen (secondary N) is 1. The van der Waals surface area contributed by atoms with Crippen molar-refractivity contribution in [3.05, 3.63) is 11.8 Å². The predicted molar refractivity (Wildman–Crippen MR) is 70.9 cm³/mol. The maximum atomic E-state index is 11.0. The van der Waals surface area contributed by atoms with Gasteiger partial charge >= 0.3 is 0 Å². The molecule has 4 heteroatoms. The van der Waals surface area contributed by atoms with E-state index in [1.165, 1.54) is 32.1 Å². The molecule has 1 aromatic rings. The van der Waals surface area contributed by atoms with Crippen molar-refractivity contribution in [1.82, 2.24) is 9.78 Å². The average Bonchev–Trinajstić information content (AvgIpc) is 2.83. The minimum Gasteiger partial charge on any atom is -0.367 e. The molecule has 2 heterocycles. The smallest absolute Gasteiger partial charge is 0.155 e. The van der Waals surface area contributed by atoms with Crippen LogP contribution in [0, 0.1) is 5.92 Å². The van der Waals surface area contributed by atoms with Gasteiger partial charge in [0.25, 0.3) is 0 Å². The van der Waals surface area contributed by atoms with Gasteiger partial charge in [-0.25, -0.2) is 4.68 Å². The molecule has 3 rings (SSSR count). The van der Waals surface area contributed by atoms with Gasteiger partial charge in [0.15, 0.2) is 6.29 Å². The van der Waals surface area contributed by atoms with Crippen LogP contribution < -0.4 is 5.32 Å². The normalized spacial score (nSPS) is 28.5. The van der Waals surface area contributed by atoms with Crippen LogP contribution in [-0.4, -0.2) is 22.1 Å². The fraction of sp³-hybridized carbons (Fsp3) is 0.714. The van der Waals surface area contributed by atoms with Gasteiger partial charge in [0.2, 0.25) is 0 Å². The summed E-state index contributed by atoms with van der Waals surface area (Å²) in [4.78, 5) is 11.0. The molecule has 1 aliphatic heterocycles. The number of carbonyl (C=O) groups excluding carboxylic acids is 1. The van der Waals surface area contributed by atoms with Gasteiger partial charge in [-0.15, -0.1) is 0 Å². The molecule has 0 spiro atoms. The highest BCUT2D eigenvalue weighted by atomic mass is 16.1. The number of anilines is 1. The van der Waals surface area contributed by atoms with E-state index in [1.807, 2.05) is 4.68 Å². The van der Waals surface area contributed by atoms with E-state index in [2.05, 4.69) is 17.3 Å². The van der Waals surface area contributed by atoms with Crippen molar-refractivity contribution >= 4 is 12.1 Å². The standard InChI is InChI=1S/C14H21N3O/c1-10-7-13(11-5-3-2-4-6-11)16-14-12(9-18)8-15-17(10)14/h8-11,13,16H,2-7H2,1H3. The van der Waals surface area contributed by atoms with E-state index >= 15 is 0 Å². The molecule has 2 unspecified atom stereocenters. The zero-order chi connectivity index (χ0) is 12.5. The third-order valence-corrected chi connectivity index (χ3v) is 4.50. The maximum absolute atomic E-state index is 11.0. The van der Waals surface area contributed by atoms with Crippen LogP contribution in [0.4, 0.5) is 5.82 Å². The lowest BCUT2D eigenvalue weighted by atomic mass is 9.81. The van der Waals surface area contributed by atoms with Crippen molar-refractivity contribution in [2.75, 3.05) is 5.32 Å². The third-order valence-electron chi connectivity index (χ3n) is 4.50. The van der Waals surface area contributed by atoms with Gasteiger partial charge in [-0.05, 0) is 32.1 Å². The first-order chi connectivity index (χ1) is 8.79. The number of hydrogen-bond acceptors (Lipinski definition) is 3. The Labute approximate surface area is 108 Å². The average molecular weight is 247 g/mol. The molecule has 0 saturated heterocycles. The third kappa shape index (κ3) is 1.93. The lowest BCUT2D eigenvalue weighted by molar-refractivity contribution is 0.112. The summed E-state index contributed by atoms with van der Waals surface area (Å²) in [5, 5.41) is 7.88. The van der Waals surface area contributed by atoms with Gasteiger partial charge in [-0.3, -0.25) is 4.79 Å². The fourth-order valence-electron chi connectivity index (χ4n) is 3.49. The van der Waals surface area contributed by atoms with Gasteiger partial charge in [0.05, 0.1) is 17.8 Å². The number of hydrogen-bond donors (Lipinski definition) is 1. The molecule has 4 nitrogen and oxygen atoms in total. The summed E-state index contributed by atoms with van der Waals surface area (Å²) in [5.74, 6) is 1.70. The van der Waals surface area contributed by atoms with Crippen molar-refractivity contribution in [3.63, 3.8) is 0 Å². The fourth-order valence-corrected chi connectivity index (χ4v) is 3.49. The molecule has 2 atom stereocenters. The molecule has 18 heavy (non-hydrogen) atoms. The molecule has 1 aliphatic carbocycles. The van der Waals surface area contributed by atoms with E-state index < -0.39 is 0 Å². The van der Waals surface area contributed by atoms with Gasteiger partial charge in [-0.2, -0.15) is 5.10 Å². The summed E-state index contributed by atoms with van der Waals surface area (Å²) in [6.07, 6.45) is 10.5. The molecule has 1 saturated carbocycles. The quantitative estimate of drug-likeness (QED) is 0.817. The summed E-state index contributed by atoms with van der Waals surface area (Å²) < 4.78 is 1.96. The Balaban J connectivity index is 1.82. The Kier molecular flexibility index (Phi) is 3.10. The molecule has 1 fully saturated rings. The first-order valence-electron chi connectivity index (χ1n) is 7.09. The van der Waals surface area contributed by atoms with E-state index in [4.69, 9.17) is 0 Å². The topological polar surface area (TPSA) is 46.9 Å². The first kappa shape index (κ1) is 11.8. The summed E-state index contributed by atoms with van der Waals surface area (Å²) in [5.41, 5.74) is 0.697. The van der Waals surface area contributed by atoms with E-state index in [9.17, 15) is 4.79 Å². The summed E-state index contributed by atoms with van der Waals surface area (Å²) in [6.45, 7) is 2.20. The number of nitrogens with zero attached hydrogens (tertiary/aromatic N) is 2. The highest BCUT2D eigenvalue weighted by Gasteiger charge is 2.31. The SMILES string of the molecule is CC1CC(C2CCCCC2)Nc2c(C=O)cnn21. The Bertz CT molecular complexity index is 434. The summed E-state index contributed by atoms with van der Waals surface area (Å²) in [7, 11) is 0. The molecule has 0 amide bonds. The summed E-state index contributed by atoms with van der Waals surface area (Å²) in [6, 6.07) is 0.907. The molecule has 0 aromatic carbocycles. The minimum atomic E-state index is 0.391. The van der Waals surface area contributed by atoms with Crippen LogP contribution in [0.1, 0.15) is 61.8 Å². The lowest BCUT2D eigenvalue weighted by Gasteiger charge is -2.37. The van der Waals surface area contributed by atoms with E-state index in [1.54, 1.807) is 6.20 Å². The van der Waals surface area contributed by atoms with Crippen LogP contribution in [0.15, 0.2) is 6.20 Å². The monoisotopic (exact) mass is 247 g/mol. The summed E-state index contributed by atoms with van der Waals surface area (Å²) >= 11 is 0. The van der Waals surface area contributed by atoms with Gasteiger partial charge in [0.1, 0.15) is 5.82 Å². The molecule has 1 N–H and O–H groups in total. The molecule has 98 valence electrons.